The molecular weight excluding hydrogens is 340 g/mol. The maximum absolute atomic E-state index is 11.6. The first-order valence-electron chi connectivity index (χ1n) is 6.35. The van der Waals surface area contributed by atoms with Gasteiger partial charge in [0.2, 0.25) is 15.9 Å². The number of nitrogens with zero attached hydrogens (tertiary/aromatic N) is 1. The molecule has 0 aliphatic carbocycles. The minimum atomic E-state index is -3.64. The summed E-state index contributed by atoms with van der Waals surface area (Å²) in [5.41, 5.74) is 0.944. The van der Waals surface area contributed by atoms with E-state index in [2.05, 4.69) is 0 Å². The standard InChI is InChI=1S/C14H16N2O3S3/c1-16(2)12(17)9-10-3-5-11(6-4-10)20-13-7-8-14(21-13)22(15,18)19/h3-8H,9H2,1-2H3,(H2,15,18,19). The van der Waals surface area contributed by atoms with E-state index in [0.29, 0.717) is 6.42 Å². The van der Waals surface area contributed by atoms with E-state index in [0.717, 1.165) is 26.0 Å². The predicted molar refractivity (Wildman–Crippen MR) is 88.7 cm³/mol. The number of carbonyl (C=O) groups excluding carboxylic acids is 1. The molecule has 2 N–H and O–H groups in total. The van der Waals surface area contributed by atoms with Crippen LogP contribution >= 0.6 is 23.1 Å². The molecule has 5 nitrogen and oxygen atoms in total. The van der Waals surface area contributed by atoms with Crippen molar-refractivity contribution in [2.24, 2.45) is 5.14 Å². The van der Waals surface area contributed by atoms with E-state index in [1.54, 1.807) is 25.1 Å². The van der Waals surface area contributed by atoms with Gasteiger partial charge in [0, 0.05) is 19.0 Å². The number of nitrogens with two attached hydrogens (primary N) is 1. The van der Waals surface area contributed by atoms with E-state index in [1.165, 1.54) is 17.8 Å². The molecule has 1 aromatic heterocycles. The van der Waals surface area contributed by atoms with Gasteiger partial charge in [-0.15, -0.1) is 11.3 Å². The lowest BCUT2D eigenvalue weighted by molar-refractivity contribution is -0.127. The van der Waals surface area contributed by atoms with E-state index < -0.39 is 10.0 Å². The predicted octanol–water partition coefficient (Wildman–Crippen LogP) is 2.18. The molecule has 0 bridgehead atoms. The number of sulfonamides is 1. The molecule has 0 saturated carbocycles. The zero-order valence-corrected chi connectivity index (χ0v) is 14.6. The van der Waals surface area contributed by atoms with Gasteiger partial charge in [0.05, 0.1) is 10.6 Å². The van der Waals surface area contributed by atoms with Gasteiger partial charge in [-0.3, -0.25) is 4.79 Å². The molecule has 0 unspecified atom stereocenters. The van der Waals surface area contributed by atoms with E-state index in [9.17, 15) is 13.2 Å². The van der Waals surface area contributed by atoms with Crippen LogP contribution in [-0.4, -0.2) is 33.3 Å². The van der Waals surface area contributed by atoms with E-state index >= 15 is 0 Å². The second-order valence-electron chi connectivity index (χ2n) is 4.83. The molecule has 2 rings (SSSR count). The number of carbonyl (C=O) groups is 1. The smallest absolute Gasteiger partial charge is 0.247 e. The molecule has 1 heterocycles. The second-order valence-corrected chi connectivity index (χ2v) is 9.08. The van der Waals surface area contributed by atoms with Gasteiger partial charge >= 0.3 is 0 Å². The average Bonchev–Trinajstić information content (AvgIpc) is 2.89. The molecule has 1 aromatic carbocycles. The Balaban J connectivity index is 2.05. The molecule has 22 heavy (non-hydrogen) atoms. The summed E-state index contributed by atoms with van der Waals surface area (Å²) in [6.07, 6.45) is 0.368. The van der Waals surface area contributed by atoms with Crippen LogP contribution in [0.15, 0.2) is 49.7 Å². The van der Waals surface area contributed by atoms with E-state index in [1.807, 2.05) is 24.3 Å². The molecule has 2 aromatic rings. The summed E-state index contributed by atoms with van der Waals surface area (Å²) in [6.45, 7) is 0. The second kappa shape index (κ2) is 6.82. The molecule has 0 radical (unpaired) electrons. The number of likely N-dealkylation sites (N-methyl/N-ethyl adjacent to an activating group) is 1. The zero-order valence-electron chi connectivity index (χ0n) is 12.1. The van der Waals surface area contributed by atoms with Gasteiger partial charge in [-0.05, 0) is 29.8 Å². The molecular formula is C14H16N2O3S3. The van der Waals surface area contributed by atoms with Crippen molar-refractivity contribution in [3.8, 4) is 0 Å². The summed E-state index contributed by atoms with van der Waals surface area (Å²) in [6, 6.07) is 10.9. The van der Waals surface area contributed by atoms with Crippen molar-refractivity contribution in [1.82, 2.24) is 4.90 Å². The molecule has 8 heteroatoms. The number of benzene rings is 1. The fourth-order valence-electron chi connectivity index (χ4n) is 1.64. The Morgan fingerprint density at radius 3 is 2.32 bits per heavy atom. The normalized spacial score (nSPS) is 11.4. The number of amides is 1. The van der Waals surface area contributed by atoms with Crippen molar-refractivity contribution < 1.29 is 13.2 Å². The first-order chi connectivity index (χ1) is 10.3. The summed E-state index contributed by atoms with van der Waals surface area (Å²) in [7, 11) is -0.182. The van der Waals surface area contributed by atoms with Crippen LogP contribution in [0.2, 0.25) is 0 Å². The zero-order chi connectivity index (χ0) is 16.3. The van der Waals surface area contributed by atoms with Crippen LogP contribution in [0.4, 0.5) is 0 Å². The summed E-state index contributed by atoms with van der Waals surface area (Å²) < 4.78 is 23.5. The Morgan fingerprint density at radius 1 is 1.18 bits per heavy atom. The Labute approximate surface area is 138 Å². The maximum Gasteiger partial charge on any atom is 0.247 e. The summed E-state index contributed by atoms with van der Waals surface area (Å²) in [5.74, 6) is 0.0523. The van der Waals surface area contributed by atoms with Gasteiger partial charge in [0.15, 0.2) is 0 Å². The van der Waals surface area contributed by atoms with Crippen molar-refractivity contribution in [2.45, 2.75) is 19.7 Å². The van der Waals surface area contributed by atoms with Crippen LogP contribution in [0.3, 0.4) is 0 Å². The lowest BCUT2D eigenvalue weighted by Gasteiger charge is -2.10. The maximum atomic E-state index is 11.6. The Morgan fingerprint density at radius 2 is 1.82 bits per heavy atom. The SMILES string of the molecule is CN(C)C(=O)Cc1ccc(Sc2ccc(S(N)(=O)=O)s2)cc1. The van der Waals surface area contributed by atoms with Crippen molar-refractivity contribution in [1.29, 1.82) is 0 Å². The number of primary sulfonamides is 1. The van der Waals surface area contributed by atoms with Crippen LogP contribution in [0, 0.1) is 0 Å². The molecule has 0 atom stereocenters. The molecule has 0 saturated heterocycles. The molecule has 0 spiro atoms. The van der Waals surface area contributed by atoms with Gasteiger partial charge in [0.1, 0.15) is 4.21 Å². The first kappa shape index (κ1) is 17.0. The van der Waals surface area contributed by atoms with Gasteiger partial charge in [-0.1, -0.05) is 23.9 Å². The minimum absolute atomic E-state index is 0.0523. The molecule has 0 aliphatic heterocycles. The van der Waals surface area contributed by atoms with Gasteiger partial charge < -0.3 is 4.90 Å². The van der Waals surface area contributed by atoms with Crippen LogP contribution < -0.4 is 5.14 Å². The Bertz CT molecular complexity index is 765. The lowest BCUT2D eigenvalue weighted by atomic mass is 10.1. The summed E-state index contributed by atoms with van der Waals surface area (Å²) in [5, 5.41) is 5.09. The van der Waals surface area contributed by atoms with Crippen LogP contribution in [0.5, 0.6) is 0 Å². The fourth-order valence-corrected chi connectivity index (χ4v) is 4.62. The number of hydrogen-bond donors (Lipinski definition) is 1. The Kier molecular flexibility index (Phi) is 5.28. The molecule has 118 valence electrons. The topological polar surface area (TPSA) is 80.5 Å². The van der Waals surface area contributed by atoms with Crippen molar-refractivity contribution in [2.75, 3.05) is 14.1 Å². The first-order valence-corrected chi connectivity index (χ1v) is 9.53. The van der Waals surface area contributed by atoms with Crippen LogP contribution in [-0.2, 0) is 21.2 Å². The minimum Gasteiger partial charge on any atom is -0.349 e. The van der Waals surface area contributed by atoms with Crippen molar-refractivity contribution in [3.05, 3.63) is 42.0 Å². The highest BCUT2D eigenvalue weighted by molar-refractivity contribution is 8.01. The van der Waals surface area contributed by atoms with Crippen LogP contribution in [0.1, 0.15) is 5.56 Å². The average molecular weight is 356 g/mol. The fraction of sp³-hybridized carbons (Fsp3) is 0.214. The Hall–Kier alpha value is -1.35. The van der Waals surface area contributed by atoms with Crippen LogP contribution in [0.25, 0.3) is 0 Å². The summed E-state index contributed by atoms with van der Waals surface area (Å²) >= 11 is 2.60. The van der Waals surface area contributed by atoms with Gasteiger partial charge in [-0.25, -0.2) is 13.6 Å². The van der Waals surface area contributed by atoms with Gasteiger partial charge in [-0.2, -0.15) is 0 Å². The molecule has 0 aliphatic rings. The highest BCUT2D eigenvalue weighted by Gasteiger charge is 2.12. The molecule has 1 amide bonds. The third-order valence-electron chi connectivity index (χ3n) is 2.83. The van der Waals surface area contributed by atoms with E-state index in [4.69, 9.17) is 5.14 Å². The largest absolute Gasteiger partial charge is 0.349 e. The third kappa shape index (κ3) is 4.57. The van der Waals surface area contributed by atoms with Crippen molar-refractivity contribution in [3.63, 3.8) is 0 Å². The number of rotatable bonds is 5. The third-order valence-corrected chi connectivity index (χ3v) is 6.50. The monoisotopic (exact) mass is 356 g/mol. The van der Waals surface area contributed by atoms with E-state index in [-0.39, 0.29) is 10.1 Å². The van der Waals surface area contributed by atoms with Gasteiger partial charge in [0.25, 0.3) is 0 Å². The summed E-state index contributed by atoms with van der Waals surface area (Å²) in [4.78, 5) is 14.2. The van der Waals surface area contributed by atoms with Crippen molar-refractivity contribution >= 4 is 39.0 Å². The number of thiophene rings is 1. The quantitative estimate of drug-likeness (QED) is 0.890. The highest BCUT2D eigenvalue weighted by atomic mass is 32.3. The highest BCUT2D eigenvalue weighted by Crippen LogP contribution is 2.34. The lowest BCUT2D eigenvalue weighted by Crippen LogP contribution is -2.23. The number of hydrogen-bond acceptors (Lipinski definition) is 5. The molecule has 0 fully saturated rings.